The predicted molar refractivity (Wildman–Crippen MR) is 77.9 cm³/mol. The molecule has 1 fully saturated rings. The van der Waals surface area contributed by atoms with Crippen LogP contribution >= 0.6 is 11.6 Å². The number of carboxylic acids is 1. The zero-order chi connectivity index (χ0) is 13.8. The molecule has 0 aromatic heterocycles. The van der Waals surface area contributed by atoms with Crippen LogP contribution in [0.1, 0.15) is 32.6 Å². The summed E-state index contributed by atoms with van der Waals surface area (Å²) in [7, 11) is 0. The predicted octanol–water partition coefficient (Wildman–Crippen LogP) is 3.81. The summed E-state index contributed by atoms with van der Waals surface area (Å²) in [6.07, 6.45) is 4.53. The lowest BCUT2D eigenvalue weighted by Crippen LogP contribution is -2.41. The SMILES string of the molecule is CC1CCCC(N(CC(=O)O)c2cccc(Cl)c2)C1. The molecule has 3 nitrogen and oxygen atoms in total. The number of hydrogen-bond donors (Lipinski definition) is 1. The summed E-state index contributed by atoms with van der Waals surface area (Å²) in [5, 5.41) is 9.79. The molecule has 1 aromatic carbocycles. The fourth-order valence-electron chi connectivity index (χ4n) is 2.92. The van der Waals surface area contributed by atoms with Gasteiger partial charge in [-0.3, -0.25) is 4.79 Å². The molecule has 0 aliphatic heterocycles. The molecule has 1 N–H and O–H groups in total. The monoisotopic (exact) mass is 281 g/mol. The van der Waals surface area contributed by atoms with E-state index in [1.165, 1.54) is 12.8 Å². The lowest BCUT2D eigenvalue weighted by Gasteiger charge is -2.37. The van der Waals surface area contributed by atoms with Gasteiger partial charge in [0, 0.05) is 16.8 Å². The van der Waals surface area contributed by atoms with E-state index >= 15 is 0 Å². The molecule has 0 heterocycles. The van der Waals surface area contributed by atoms with E-state index in [2.05, 4.69) is 6.92 Å². The maximum Gasteiger partial charge on any atom is 0.323 e. The van der Waals surface area contributed by atoms with Crippen LogP contribution in [0, 0.1) is 5.92 Å². The third-order valence-corrected chi connectivity index (χ3v) is 4.03. The van der Waals surface area contributed by atoms with Crippen molar-refractivity contribution < 1.29 is 9.90 Å². The summed E-state index contributed by atoms with van der Waals surface area (Å²) in [5.41, 5.74) is 0.911. The minimum atomic E-state index is -0.793. The minimum absolute atomic E-state index is 0.0394. The molecule has 0 radical (unpaired) electrons. The third-order valence-electron chi connectivity index (χ3n) is 3.79. The van der Waals surface area contributed by atoms with E-state index in [0.717, 1.165) is 18.5 Å². The average Bonchev–Trinajstić information content (AvgIpc) is 2.35. The van der Waals surface area contributed by atoms with Crippen LogP contribution in [0.2, 0.25) is 5.02 Å². The van der Waals surface area contributed by atoms with Crippen LogP contribution in [0.4, 0.5) is 5.69 Å². The van der Waals surface area contributed by atoms with Gasteiger partial charge in [0.15, 0.2) is 0 Å². The second kappa shape index (κ2) is 6.29. The van der Waals surface area contributed by atoms with Gasteiger partial charge < -0.3 is 10.0 Å². The normalized spacial score (nSPS) is 23.1. The standard InChI is InChI=1S/C15H20ClNO2/c1-11-4-2-6-13(8-11)17(10-15(18)19)14-7-3-5-12(16)9-14/h3,5,7,9,11,13H,2,4,6,8,10H2,1H3,(H,18,19). The Balaban J connectivity index is 2.22. The second-order valence-corrected chi connectivity index (χ2v) is 5.86. The zero-order valence-electron chi connectivity index (χ0n) is 11.2. The molecule has 0 spiro atoms. The number of nitrogens with zero attached hydrogens (tertiary/aromatic N) is 1. The highest BCUT2D eigenvalue weighted by atomic mass is 35.5. The van der Waals surface area contributed by atoms with Crippen LogP contribution in [0.25, 0.3) is 0 Å². The molecule has 1 aromatic rings. The summed E-state index contributed by atoms with van der Waals surface area (Å²) in [6.45, 7) is 2.28. The topological polar surface area (TPSA) is 40.5 Å². The Morgan fingerprint density at radius 2 is 2.26 bits per heavy atom. The van der Waals surface area contributed by atoms with Crippen molar-refractivity contribution in [1.29, 1.82) is 0 Å². The molecule has 0 bridgehead atoms. The number of carbonyl (C=O) groups is 1. The van der Waals surface area contributed by atoms with Gasteiger partial charge in [-0.05, 0) is 37.0 Å². The van der Waals surface area contributed by atoms with Gasteiger partial charge in [-0.25, -0.2) is 0 Å². The van der Waals surface area contributed by atoms with Gasteiger partial charge in [-0.1, -0.05) is 37.4 Å². The van der Waals surface area contributed by atoms with Gasteiger partial charge >= 0.3 is 5.97 Å². The molecule has 0 amide bonds. The van der Waals surface area contributed by atoms with E-state index in [1.807, 2.05) is 29.2 Å². The number of rotatable bonds is 4. The van der Waals surface area contributed by atoms with Crippen LogP contribution in [-0.4, -0.2) is 23.7 Å². The van der Waals surface area contributed by atoms with E-state index in [-0.39, 0.29) is 6.54 Å². The molecule has 1 aliphatic carbocycles. The van der Waals surface area contributed by atoms with E-state index in [4.69, 9.17) is 16.7 Å². The van der Waals surface area contributed by atoms with Crippen molar-refractivity contribution >= 4 is 23.3 Å². The van der Waals surface area contributed by atoms with Crippen molar-refractivity contribution in [3.05, 3.63) is 29.3 Å². The number of aliphatic carboxylic acids is 1. The Bertz CT molecular complexity index is 450. The first-order valence-electron chi connectivity index (χ1n) is 6.80. The minimum Gasteiger partial charge on any atom is -0.480 e. The van der Waals surface area contributed by atoms with E-state index in [9.17, 15) is 4.79 Å². The summed E-state index contributed by atoms with van der Waals surface area (Å²) in [5.74, 6) is -0.132. The van der Waals surface area contributed by atoms with Crippen LogP contribution in [0.5, 0.6) is 0 Å². The number of carboxylic acid groups (broad SMARTS) is 1. The first-order valence-corrected chi connectivity index (χ1v) is 7.18. The summed E-state index contributed by atoms with van der Waals surface area (Å²) in [6, 6.07) is 7.78. The molecule has 19 heavy (non-hydrogen) atoms. The fraction of sp³-hybridized carbons (Fsp3) is 0.533. The highest BCUT2D eigenvalue weighted by Gasteiger charge is 2.26. The van der Waals surface area contributed by atoms with Crippen LogP contribution in [0.15, 0.2) is 24.3 Å². The zero-order valence-corrected chi connectivity index (χ0v) is 11.9. The van der Waals surface area contributed by atoms with Gasteiger partial charge in [0.1, 0.15) is 6.54 Å². The largest absolute Gasteiger partial charge is 0.480 e. The summed E-state index contributed by atoms with van der Waals surface area (Å²) >= 11 is 6.02. The van der Waals surface area contributed by atoms with Crippen molar-refractivity contribution in [2.45, 2.75) is 38.6 Å². The second-order valence-electron chi connectivity index (χ2n) is 5.43. The Kier molecular flexibility index (Phi) is 4.70. The van der Waals surface area contributed by atoms with Gasteiger partial charge in [-0.15, -0.1) is 0 Å². The van der Waals surface area contributed by atoms with E-state index in [0.29, 0.717) is 17.0 Å². The molecule has 2 atom stereocenters. The first kappa shape index (κ1) is 14.2. The molecule has 2 unspecified atom stereocenters. The first-order chi connectivity index (χ1) is 9.06. The Morgan fingerprint density at radius 1 is 1.47 bits per heavy atom. The summed E-state index contributed by atoms with van der Waals surface area (Å²) in [4.78, 5) is 13.1. The van der Waals surface area contributed by atoms with E-state index < -0.39 is 5.97 Å². The van der Waals surface area contributed by atoms with Gasteiger partial charge in [-0.2, -0.15) is 0 Å². The molecule has 1 aliphatic rings. The van der Waals surface area contributed by atoms with Gasteiger partial charge in [0.25, 0.3) is 0 Å². The molecule has 104 valence electrons. The van der Waals surface area contributed by atoms with Crippen LogP contribution in [0.3, 0.4) is 0 Å². The summed E-state index contributed by atoms with van der Waals surface area (Å²) < 4.78 is 0. The molecule has 2 rings (SSSR count). The number of hydrogen-bond acceptors (Lipinski definition) is 2. The molecular formula is C15H20ClNO2. The molecular weight excluding hydrogens is 262 g/mol. The molecule has 1 saturated carbocycles. The maximum absolute atomic E-state index is 11.1. The smallest absolute Gasteiger partial charge is 0.323 e. The quantitative estimate of drug-likeness (QED) is 0.912. The Labute approximate surface area is 119 Å². The van der Waals surface area contributed by atoms with Crippen LogP contribution in [-0.2, 0) is 4.79 Å². The Hall–Kier alpha value is -1.22. The van der Waals surface area contributed by atoms with Crippen LogP contribution < -0.4 is 4.90 Å². The number of halogens is 1. The Morgan fingerprint density at radius 3 is 2.89 bits per heavy atom. The maximum atomic E-state index is 11.1. The van der Waals surface area contributed by atoms with Gasteiger partial charge in [0.05, 0.1) is 0 Å². The lowest BCUT2D eigenvalue weighted by atomic mass is 9.86. The molecule has 4 heteroatoms. The molecule has 0 saturated heterocycles. The van der Waals surface area contributed by atoms with Gasteiger partial charge in [0.2, 0.25) is 0 Å². The van der Waals surface area contributed by atoms with Crippen molar-refractivity contribution in [3.63, 3.8) is 0 Å². The van der Waals surface area contributed by atoms with Crippen molar-refractivity contribution in [2.75, 3.05) is 11.4 Å². The van der Waals surface area contributed by atoms with E-state index in [1.54, 1.807) is 0 Å². The lowest BCUT2D eigenvalue weighted by molar-refractivity contribution is -0.135. The highest BCUT2D eigenvalue weighted by molar-refractivity contribution is 6.30. The average molecular weight is 282 g/mol. The third kappa shape index (κ3) is 3.87. The van der Waals surface area contributed by atoms with Crippen molar-refractivity contribution in [2.24, 2.45) is 5.92 Å². The number of anilines is 1. The highest BCUT2D eigenvalue weighted by Crippen LogP contribution is 2.31. The van der Waals surface area contributed by atoms with Crippen molar-refractivity contribution in [1.82, 2.24) is 0 Å². The number of benzene rings is 1. The fourth-order valence-corrected chi connectivity index (χ4v) is 3.10. The van der Waals surface area contributed by atoms with Crippen molar-refractivity contribution in [3.8, 4) is 0 Å².